The summed E-state index contributed by atoms with van der Waals surface area (Å²) in [5, 5.41) is 0. The van der Waals surface area contributed by atoms with Crippen LogP contribution >= 0.6 is 0 Å². The highest BCUT2D eigenvalue weighted by Crippen LogP contribution is 2.30. The molecule has 0 aromatic heterocycles. The molecule has 3 nitrogen and oxygen atoms in total. The molecule has 0 unspecified atom stereocenters. The first-order valence-electron chi connectivity index (χ1n) is 5.15. The summed E-state index contributed by atoms with van der Waals surface area (Å²) in [7, 11) is 0. The average Bonchev–Trinajstić information content (AvgIpc) is 2.65. The minimum absolute atomic E-state index is 0.0699. The first-order chi connectivity index (χ1) is 7.45. The quantitative estimate of drug-likeness (QED) is 0.556. The summed E-state index contributed by atoms with van der Waals surface area (Å²) in [6, 6.07) is 0. The molecule has 1 heterocycles. The zero-order valence-electron chi connectivity index (χ0n) is 9.01. The maximum Gasteiger partial charge on any atom is 0.431 e. The number of hydrogen-bond donors (Lipinski definition) is 0. The summed E-state index contributed by atoms with van der Waals surface area (Å²) >= 11 is 0. The number of hydrogen-bond acceptors (Lipinski definition) is 3. The predicted molar refractivity (Wildman–Crippen MR) is 51.6 cm³/mol. The third kappa shape index (κ3) is 3.43. The first-order valence-corrected chi connectivity index (χ1v) is 5.15. The minimum atomic E-state index is -4.50. The first kappa shape index (κ1) is 12.9. The lowest BCUT2D eigenvalue weighted by Gasteiger charge is -2.23. The highest BCUT2D eigenvalue weighted by molar-refractivity contribution is 5.82. The van der Waals surface area contributed by atoms with Crippen LogP contribution in [0.2, 0.25) is 0 Å². The fraction of sp³-hybridized carbons (Fsp3) is 0.700. The number of ether oxygens (including phenoxy) is 1. The Morgan fingerprint density at radius 1 is 1.38 bits per heavy atom. The Labute approximate surface area is 91.9 Å². The number of allylic oxidation sites excluding steroid dienone is 1. The molecule has 0 radical (unpaired) electrons. The number of nitrogens with zero attached hydrogens (tertiary/aromatic N) is 1. The van der Waals surface area contributed by atoms with Crippen LogP contribution in [0.4, 0.5) is 13.2 Å². The zero-order valence-corrected chi connectivity index (χ0v) is 9.01. The van der Waals surface area contributed by atoms with Crippen molar-refractivity contribution in [3.8, 4) is 0 Å². The molecule has 6 heteroatoms. The molecule has 0 bridgehead atoms. The zero-order chi connectivity index (χ0) is 12.2. The minimum Gasteiger partial charge on any atom is -0.463 e. The van der Waals surface area contributed by atoms with Gasteiger partial charge in [0, 0.05) is 13.1 Å². The molecule has 1 saturated heterocycles. The smallest absolute Gasteiger partial charge is 0.431 e. The van der Waals surface area contributed by atoms with Crippen LogP contribution in [-0.2, 0) is 9.53 Å². The van der Waals surface area contributed by atoms with Gasteiger partial charge in [-0.15, -0.1) is 0 Å². The maximum absolute atomic E-state index is 12.7. The fourth-order valence-corrected chi connectivity index (χ4v) is 1.61. The van der Waals surface area contributed by atoms with Gasteiger partial charge in [0.25, 0.3) is 0 Å². The summed E-state index contributed by atoms with van der Waals surface area (Å²) in [4.78, 5) is 12.2. The van der Waals surface area contributed by atoms with E-state index in [1.165, 1.54) is 4.90 Å². The van der Waals surface area contributed by atoms with Gasteiger partial charge in [-0.25, -0.2) is 4.79 Å². The number of likely N-dealkylation sites (tertiary alicyclic amines) is 1. The molecule has 1 aliphatic rings. The molecule has 0 aromatic carbocycles. The van der Waals surface area contributed by atoms with E-state index in [1.807, 2.05) is 0 Å². The van der Waals surface area contributed by atoms with Crippen molar-refractivity contribution in [3.63, 3.8) is 0 Å². The second-order valence-electron chi connectivity index (χ2n) is 3.47. The molecule has 0 spiro atoms. The van der Waals surface area contributed by atoms with Gasteiger partial charge in [0.1, 0.15) is 5.70 Å². The Morgan fingerprint density at radius 2 is 1.94 bits per heavy atom. The summed E-state index contributed by atoms with van der Waals surface area (Å²) < 4.78 is 42.4. The van der Waals surface area contributed by atoms with Crippen molar-refractivity contribution in [3.05, 3.63) is 11.8 Å². The van der Waals surface area contributed by atoms with E-state index < -0.39 is 17.8 Å². The molecule has 92 valence electrons. The Morgan fingerprint density at radius 3 is 2.38 bits per heavy atom. The van der Waals surface area contributed by atoms with E-state index in [-0.39, 0.29) is 6.61 Å². The molecule has 1 aliphatic heterocycles. The van der Waals surface area contributed by atoms with Crippen LogP contribution in [0, 0.1) is 0 Å². The molecule has 0 saturated carbocycles. The Kier molecular flexibility index (Phi) is 4.20. The van der Waals surface area contributed by atoms with Gasteiger partial charge in [0.05, 0.1) is 12.7 Å². The van der Waals surface area contributed by atoms with Gasteiger partial charge < -0.3 is 9.64 Å². The lowest BCUT2D eigenvalue weighted by Crippen LogP contribution is -2.30. The summed E-state index contributed by atoms with van der Waals surface area (Å²) in [5.74, 6) is -0.943. The van der Waals surface area contributed by atoms with Crippen LogP contribution in [0.1, 0.15) is 19.8 Å². The monoisotopic (exact) mass is 237 g/mol. The molecule has 1 rings (SSSR count). The number of esters is 1. The van der Waals surface area contributed by atoms with E-state index in [1.54, 1.807) is 6.92 Å². The van der Waals surface area contributed by atoms with Crippen LogP contribution in [0.3, 0.4) is 0 Å². The van der Waals surface area contributed by atoms with Gasteiger partial charge in [-0.05, 0) is 19.8 Å². The van der Waals surface area contributed by atoms with Crippen molar-refractivity contribution >= 4 is 5.97 Å². The molecule has 0 amide bonds. The van der Waals surface area contributed by atoms with E-state index in [0.29, 0.717) is 19.2 Å². The van der Waals surface area contributed by atoms with Crippen molar-refractivity contribution in [2.75, 3.05) is 19.7 Å². The van der Waals surface area contributed by atoms with Crippen molar-refractivity contribution in [1.29, 1.82) is 0 Å². The van der Waals surface area contributed by atoms with Gasteiger partial charge in [-0.3, -0.25) is 0 Å². The summed E-state index contributed by atoms with van der Waals surface area (Å²) in [6.07, 6.45) is -2.53. The Balaban J connectivity index is 2.82. The third-order valence-corrected chi connectivity index (χ3v) is 2.28. The van der Waals surface area contributed by atoms with E-state index in [4.69, 9.17) is 0 Å². The van der Waals surface area contributed by atoms with Crippen molar-refractivity contribution in [1.82, 2.24) is 4.90 Å². The normalized spacial score (nSPS) is 17.8. The highest BCUT2D eigenvalue weighted by Gasteiger charge is 2.39. The second kappa shape index (κ2) is 5.23. The second-order valence-corrected chi connectivity index (χ2v) is 3.47. The topological polar surface area (TPSA) is 29.5 Å². The van der Waals surface area contributed by atoms with Crippen molar-refractivity contribution in [2.24, 2.45) is 0 Å². The third-order valence-electron chi connectivity index (χ3n) is 2.28. The Hall–Kier alpha value is -1.20. The molecule has 0 aromatic rings. The van der Waals surface area contributed by atoms with Crippen molar-refractivity contribution in [2.45, 2.75) is 25.9 Å². The van der Waals surface area contributed by atoms with Crippen LogP contribution in [0.5, 0.6) is 0 Å². The Bertz CT molecular complexity index is 280. The van der Waals surface area contributed by atoms with Gasteiger partial charge in [0.15, 0.2) is 0 Å². The molecular formula is C10H14F3NO2. The van der Waals surface area contributed by atoms with E-state index in [2.05, 4.69) is 4.74 Å². The average molecular weight is 237 g/mol. The largest absolute Gasteiger partial charge is 0.463 e. The molecule has 16 heavy (non-hydrogen) atoms. The van der Waals surface area contributed by atoms with Crippen LogP contribution in [0.15, 0.2) is 11.8 Å². The summed E-state index contributed by atoms with van der Waals surface area (Å²) in [6.45, 7) is 2.30. The number of carbonyl (C=O) groups is 1. The van der Waals surface area contributed by atoms with Crippen LogP contribution in [0.25, 0.3) is 0 Å². The van der Waals surface area contributed by atoms with E-state index in [0.717, 1.165) is 12.8 Å². The molecular weight excluding hydrogens is 223 g/mol. The summed E-state index contributed by atoms with van der Waals surface area (Å²) in [5.41, 5.74) is -0.900. The predicted octanol–water partition coefficient (Wildman–Crippen LogP) is 2.09. The van der Waals surface area contributed by atoms with Crippen LogP contribution < -0.4 is 0 Å². The number of carbonyl (C=O) groups excluding carboxylic acids is 1. The van der Waals surface area contributed by atoms with Crippen LogP contribution in [-0.4, -0.2) is 36.7 Å². The van der Waals surface area contributed by atoms with Gasteiger partial charge in [-0.2, -0.15) is 13.2 Å². The van der Waals surface area contributed by atoms with E-state index >= 15 is 0 Å². The standard InChI is InChI=1S/C10H14F3NO2/c1-2-16-9(15)7-8(10(11,12)13)14-5-3-4-6-14/h7H,2-6H2,1H3/b8-7-. The molecule has 0 N–H and O–H groups in total. The maximum atomic E-state index is 12.7. The highest BCUT2D eigenvalue weighted by atomic mass is 19.4. The lowest BCUT2D eigenvalue weighted by atomic mass is 10.3. The number of rotatable bonds is 3. The number of halogens is 3. The fourth-order valence-electron chi connectivity index (χ4n) is 1.61. The van der Waals surface area contributed by atoms with Gasteiger partial charge in [-0.1, -0.05) is 0 Å². The van der Waals surface area contributed by atoms with Crippen molar-refractivity contribution < 1.29 is 22.7 Å². The molecule has 1 fully saturated rings. The van der Waals surface area contributed by atoms with Gasteiger partial charge >= 0.3 is 12.1 Å². The molecule has 0 aliphatic carbocycles. The number of alkyl halides is 3. The SMILES string of the molecule is CCOC(=O)/C=C(\N1CCCC1)C(F)(F)F. The lowest BCUT2D eigenvalue weighted by molar-refractivity contribution is -0.139. The molecule has 0 atom stereocenters. The van der Waals surface area contributed by atoms with E-state index in [9.17, 15) is 18.0 Å². The van der Waals surface area contributed by atoms with Gasteiger partial charge in [0.2, 0.25) is 0 Å².